The number of rotatable bonds is 5. The van der Waals surface area contributed by atoms with Crippen molar-refractivity contribution in [3.8, 4) is 0 Å². The van der Waals surface area contributed by atoms with Crippen molar-refractivity contribution in [2.45, 2.75) is 40.5 Å². The van der Waals surface area contributed by atoms with Crippen LogP contribution in [-0.4, -0.2) is 12.5 Å². The van der Waals surface area contributed by atoms with Crippen LogP contribution in [0.2, 0.25) is 0 Å². The maximum absolute atomic E-state index is 11.5. The lowest BCUT2D eigenvalue weighted by Gasteiger charge is -2.19. The lowest BCUT2D eigenvalue weighted by atomic mass is 9.89. The fourth-order valence-electron chi connectivity index (χ4n) is 1.44. The van der Waals surface area contributed by atoms with Gasteiger partial charge in [-0.25, -0.2) is 0 Å². The van der Waals surface area contributed by atoms with Crippen LogP contribution in [0.4, 0.5) is 0 Å². The first-order chi connectivity index (χ1) is 5.67. The Balaban J connectivity index is 4.04. The zero-order chi connectivity index (χ0) is 9.56. The molecular formula is C10H21NO. The Labute approximate surface area is 75.7 Å². The quantitative estimate of drug-likeness (QED) is 0.675. The van der Waals surface area contributed by atoms with E-state index in [9.17, 15) is 4.79 Å². The monoisotopic (exact) mass is 171 g/mol. The second-order valence-electron chi connectivity index (χ2n) is 3.29. The number of amides is 1. The Hall–Kier alpha value is -0.530. The summed E-state index contributed by atoms with van der Waals surface area (Å²) in [5.41, 5.74) is 0. The van der Waals surface area contributed by atoms with Crippen molar-refractivity contribution in [2.24, 2.45) is 11.8 Å². The molecule has 1 unspecified atom stereocenters. The third-order valence-corrected chi connectivity index (χ3v) is 2.46. The largest absolute Gasteiger partial charge is 0.356 e. The van der Waals surface area contributed by atoms with E-state index in [2.05, 4.69) is 26.1 Å². The van der Waals surface area contributed by atoms with Gasteiger partial charge in [-0.2, -0.15) is 0 Å². The summed E-state index contributed by atoms with van der Waals surface area (Å²) in [6.07, 6.45) is 2.02. The first kappa shape index (κ1) is 11.5. The number of carbonyl (C=O) groups is 1. The van der Waals surface area contributed by atoms with Gasteiger partial charge in [0.05, 0.1) is 0 Å². The SMILES string of the molecule is CCNC(=O)[C@H](CC)C(C)CC. The van der Waals surface area contributed by atoms with Crippen molar-refractivity contribution in [1.29, 1.82) is 0 Å². The summed E-state index contributed by atoms with van der Waals surface area (Å²) in [4.78, 5) is 11.5. The van der Waals surface area contributed by atoms with Crippen LogP contribution in [0.3, 0.4) is 0 Å². The summed E-state index contributed by atoms with van der Waals surface area (Å²) in [7, 11) is 0. The van der Waals surface area contributed by atoms with Crippen molar-refractivity contribution < 1.29 is 4.79 Å². The van der Waals surface area contributed by atoms with Crippen LogP contribution in [0.5, 0.6) is 0 Å². The van der Waals surface area contributed by atoms with Crippen LogP contribution in [0.15, 0.2) is 0 Å². The first-order valence-electron chi connectivity index (χ1n) is 4.94. The lowest BCUT2D eigenvalue weighted by Crippen LogP contribution is -2.33. The van der Waals surface area contributed by atoms with Crippen molar-refractivity contribution >= 4 is 5.91 Å². The van der Waals surface area contributed by atoms with E-state index in [4.69, 9.17) is 0 Å². The fourth-order valence-corrected chi connectivity index (χ4v) is 1.44. The molecule has 0 radical (unpaired) electrons. The third-order valence-electron chi connectivity index (χ3n) is 2.46. The molecule has 2 nitrogen and oxygen atoms in total. The maximum atomic E-state index is 11.5. The van der Waals surface area contributed by atoms with Crippen molar-refractivity contribution in [1.82, 2.24) is 5.32 Å². The van der Waals surface area contributed by atoms with Gasteiger partial charge in [-0.1, -0.05) is 27.2 Å². The summed E-state index contributed by atoms with van der Waals surface area (Å²) in [6.45, 7) is 9.05. The second-order valence-corrected chi connectivity index (χ2v) is 3.29. The highest BCUT2D eigenvalue weighted by Crippen LogP contribution is 2.18. The van der Waals surface area contributed by atoms with Gasteiger partial charge in [0.15, 0.2) is 0 Å². The predicted octanol–water partition coefficient (Wildman–Crippen LogP) is 2.19. The van der Waals surface area contributed by atoms with E-state index >= 15 is 0 Å². The molecule has 0 aromatic heterocycles. The van der Waals surface area contributed by atoms with Gasteiger partial charge in [0.25, 0.3) is 0 Å². The van der Waals surface area contributed by atoms with Crippen LogP contribution in [-0.2, 0) is 4.79 Å². The molecule has 0 aromatic rings. The molecule has 0 rings (SSSR count). The molecule has 0 aliphatic rings. The molecular weight excluding hydrogens is 150 g/mol. The molecule has 0 saturated carbocycles. The highest BCUT2D eigenvalue weighted by Gasteiger charge is 2.20. The average molecular weight is 171 g/mol. The van der Waals surface area contributed by atoms with Gasteiger partial charge in [-0.3, -0.25) is 4.79 Å². The van der Waals surface area contributed by atoms with Gasteiger partial charge in [0.2, 0.25) is 5.91 Å². The molecule has 0 aliphatic heterocycles. The smallest absolute Gasteiger partial charge is 0.223 e. The second kappa shape index (κ2) is 6.04. The molecule has 0 bridgehead atoms. The number of carbonyl (C=O) groups excluding carboxylic acids is 1. The summed E-state index contributed by atoms with van der Waals surface area (Å²) in [6, 6.07) is 0. The minimum absolute atomic E-state index is 0.204. The van der Waals surface area contributed by atoms with Crippen molar-refractivity contribution in [2.75, 3.05) is 6.54 Å². The molecule has 0 fully saturated rings. The molecule has 0 aromatic carbocycles. The number of hydrogen-bond donors (Lipinski definition) is 1. The number of nitrogens with one attached hydrogen (secondary N) is 1. The van der Waals surface area contributed by atoms with Crippen LogP contribution >= 0.6 is 0 Å². The van der Waals surface area contributed by atoms with Crippen molar-refractivity contribution in [3.05, 3.63) is 0 Å². The Bertz CT molecular complexity index is 134. The highest BCUT2D eigenvalue weighted by molar-refractivity contribution is 5.78. The molecule has 0 aliphatic carbocycles. The molecule has 0 saturated heterocycles. The minimum atomic E-state index is 0.204. The molecule has 72 valence electrons. The molecule has 12 heavy (non-hydrogen) atoms. The van der Waals surface area contributed by atoms with Gasteiger partial charge < -0.3 is 5.32 Å². The van der Waals surface area contributed by atoms with E-state index in [0.29, 0.717) is 5.92 Å². The standard InChI is InChI=1S/C10H21NO/c1-5-8(4)9(6-2)10(12)11-7-3/h8-9H,5-7H2,1-4H3,(H,11,12)/t8?,9-/m1/s1. The Morgan fingerprint density at radius 1 is 1.25 bits per heavy atom. The summed E-state index contributed by atoms with van der Waals surface area (Å²) in [5, 5.41) is 2.87. The van der Waals surface area contributed by atoms with Gasteiger partial charge >= 0.3 is 0 Å². The zero-order valence-corrected chi connectivity index (χ0v) is 8.68. The minimum Gasteiger partial charge on any atom is -0.356 e. The topological polar surface area (TPSA) is 29.1 Å². The lowest BCUT2D eigenvalue weighted by molar-refractivity contribution is -0.126. The van der Waals surface area contributed by atoms with E-state index in [1.54, 1.807) is 0 Å². The molecule has 1 amide bonds. The average Bonchev–Trinajstić information content (AvgIpc) is 2.06. The predicted molar refractivity (Wildman–Crippen MR) is 51.9 cm³/mol. The van der Waals surface area contributed by atoms with Crippen LogP contribution in [0.25, 0.3) is 0 Å². The molecule has 2 heteroatoms. The van der Waals surface area contributed by atoms with E-state index in [-0.39, 0.29) is 11.8 Å². The summed E-state index contributed by atoms with van der Waals surface area (Å²) < 4.78 is 0. The van der Waals surface area contributed by atoms with Crippen LogP contribution in [0.1, 0.15) is 40.5 Å². The normalized spacial score (nSPS) is 15.3. The summed E-state index contributed by atoms with van der Waals surface area (Å²) >= 11 is 0. The zero-order valence-electron chi connectivity index (χ0n) is 8.68. The van der Waals surface area contributed by atoms with E-state index < -0.39 is 0 Å². The third kappa shape index (κ3) is 3.24. The Kier molecular flexibility index (Phi) is 5.77. The fraction of sp³-hybridized carbons (Fsp3) is 0.900. The van der Waals surface area contributed by atoms with E-state index in [0.717, 1.165) is 19.4 Å². The van der Waals surface area contributed by atoms with Gasteiger partial charge in [-0.15, -0.1) is 0 Å². The van der Waals surface area contributed by atoms with Crippen molar-refractivity contribution in [3.63, 3.8) is 0 Å². The molecule has 0 heterocycles. The number of hydrogen-bond acceptors (Lipinski definition) is 1. The van der Waals surface area contributed by atoms with Gasteiger partial charge in [0.1, 0.15) is 0 Å². The van der Waals surface area contributed by atoms with Gasteiger partial charge in [0, 0.05) is 12.5 Å². The maximum Gasteiger partial charge on any atom is 0.223 e. The molecule has 2 atom stereocenters. The van der Waals surface area contributed by atoms with Crippen LogP contribution in [0, 0.1) is 11.8 Å². The summed E-state index contributed by atoms with van der Waals surface area (Å²) in [5.74, 6) is 0.922. The molecule has 1 N–H and O–H groups in total. The van der Waals surface area contributed by atoms with E-state index in [1.807, 2.05) is 6.92 Å². The molecule has 0 spiro atoms. The van der Waals surface area contributed by atoms with Gasteiger partial charge in [-0.05, 0) is 19.3 Å². The Morgan fingerprint density at radius 2 is 1.83 bits per heavy atom. The van der Waals surface area contributed by atoms with Crippen LogP contribution < -0.4 is 5.32 Å². The highest BCUT2D eigenvalue weighted by atomic mass is 16.1. The van der Waals surface area contributed by atoms with E-state index in [1.165, 1.54) is 0 Å². The Morgan fingerprint density at radius 3 is 2.17 bits per heavy atom. The first-order valence-corrected chi connectivity index (χ1v) is 4.94.